The maximum atomic E-state index is 7.79. The summed E-state index contributed by atoms with van der Waals surface area (Å²) in [5.41, 5.74) is 31.3. The molecule has 2 aliphatic heterocycles. The van der Waals surface area contributed by atoms with Crippen LogP contribution >= 0.6 is 0 Å². The van der Waals surface area contributed by atoms with Gasteiger partial charge in [-0.2, -0.15) is 0 Å². The van der Waals surface area contributed by atoms with Crippen molar-refractivity contribution >= 4 is 50.6 Å². The van der Waals surface area contributed by atoms with Crippen molar-refractivity contribution in [2.24, 2.45) is 0 Å². The fraction of sp³-hybridized carbons (Fsp3) is 0.0822. The second kappa shape index (κ2) is 17.9. The number of nitrogens with zero attached hydrogens (tertiary/aromatic N) is 2. The standard InChI is InChI=1S/C73H53BN2O/c1-43-32-45(3)69(46(4)33-43)52-28-31-66-61(36-52)62-38-55(70-47(5)34-44(2)35-48(70)6)40-64-72(62)76(66)67-41-53(49-26-29-56(75-7)30-27-49)42-68-71(67)74(64)65-39-54(59-24-15-14-22-57(59)50-18-10-8-11-19-50)37-63(73(65)77-68)60-25-17-16-23-58(60)51-20-12-9-13-21-51/h8-42H,1-6H3. The lowest BCUT2D eigenvalue weighted by Crippen LogP contribution is -2.58. The molecule has 2 aliphatic rings. The molecule has 0 amide bonds. The van der Waals surface area contributed by atoms with Crippen LogP contribution in [-0.2, 0) is 0 Å². The van der Waals surface area contributed by atoms with Crippen LogP contribution in [0.5, 0.6) is 11.5 Å². The van der Waals surface area contributed by atoms with Crippen LogP contribution in [0.25, 0.3) is 110 Å². The molecule has 3 nitrogen and oxygen atoms in total. The van der Waals surface area contributed by atoms with Crippen LogP contribution in [0.3, 0.4) is 0 Å². The van der Waals surface area contributed by atoms with Gasteiger partial charge in [-0.1, -0.05) is 187 Å². The van der Waals surface area contributed by atoms with E-state index in [0.29, 0.717) is 5.69 Å². The Morgan fingerprint density at radius 2 is 0.922 bits per heavy atom. The molecule has 364 valence electrons. The van der Waals surface area contributed by atoms with Gasteiger partial charge in [0.1, 0.15) is 11.5 Å². The number of fused-ring (bicyclic) bond motifs is 7. The van der Waals surface area contributed by atoms with Crippen molar-refractivity contribution in [1.29, 1.82) is 0 Å². The number of aryl methyl sites for hydroxylation is 6. The first-order valence-corrected chi connectivity index (χ1v) is 26.7. The molecule has 14 rings (SSSR count). The number of rotatable bonds is 7. The molecule has 77 heavy (non-hydrogen) atoms. The minimum atomic E-state index is -0.222. The Hall–Kier alpha value is -9.43. The van der Waals surface area contributed by atoms with Crippen molar-refractivity contribution in [3.63, 3.8) is 0 Å². The van der Waals surface area contributed by atoms with E-state index in [0.717, 1.165) is 78.1 Å². The van der Waals surface area contributed by atoms with Crippen LogP contribution in [-0.4, -0.2) is 11.3 Å². The lowest BCUT2D eigenvalue weighted by atomic mass is 9.34. The average Bonchev–Trinajstić information content (AvgIpc) is 4.00. The molecule has 0 N–H and O–H groups in total. The fourth-order valence-corrected chi connectivity index (χ4v) is 13.4. The van der Waals surface area contributed by atoms with Gasteiger partial charge in [0.15, 0.2) is 5.69 Å². The van der Waals surface area contributed by atoms with Gasteiger partial charge in [0, 0.05) is 27.5 Å². The zero-order valence-electron chi connectivity index (χ0n) is 44.1. The summed E-state index contributed by atoms with van der Waals surface area (Å²) >= 11 is 0. The molecule has 12 aromatic rings. The first-order valence-electron chi connectivity index (χ1n) is 26.7. The smallest absolute Gasteiger partial charge is 0.256 e. The van der Waals surface area contributed by atoms with Crippen LogP contribution in [0.1, 0.15) is 33.4 Å². The van der Waals surface area contributed by atoms with Gasteiger partial charge in [-0.05, 0) is 189 Å². The molecule has 11 aromatic carbocycles. The van der Waals surface area contributed by atoms with E-state index in [1.165, 1.54) is 88.5 Å². The molecule has 0 radical (unpaired) electrons. The first-order chi connectivity index (χ1) is 37.6. The molecule has 0 saturated carbocycles. The van der Waals surface area contributed by atoms with Gasteiger partial charge in [0.05, 0.1) is 12.1 Å². The Morgan fingerprint density at radius 3 is 1.53 bits per heavy atom. The Kier molecular flexibility index (Phi) is 10.7. The molecule has 1 aromatic heterocycles. The Balaban J connectivity index is 1.14. The van der Waals surface area contributed by atoms with E-state index in [4.69, 9.17) is 11.3 Å². The molecule has 0 aliphatic carbocycles. The van der Waals surface area contributed by atoms with E-state index >= 15 is 0 Å². The van der Waals surface area contributed by atoms with E-state index < -0.39 is 0 Å². The topological polar surface area (TPSA) is 18.5 Å². The predicted octanol–water partition coefficient (Wildman–Crippen LogP) is 17.8. The summed E-state index contributed by atoms with van der Waals surface area (Å²) in [5, 5.41) is 2.44. The van der Waals surface area contributed by atoms with Crippen molar-refractivity contribution in [2.45, 2.75) is 41.5 Å². The molecule has 0 saturated heterocycles. The number of ether oxygens (including phenoxy) is 1. The lowest BCUT2D eigenvalue weighted by Gasteiger charge is -2.35. The van der Waals surface area contributed by atoms with Gasteiger partial charge >= 0.3 is 0 Å². The van der Waals surface area contributed by atoms with Crippen molar-refractivity contribution in [3.8, 4) is 95.1 Å². The van der Waals surface area contributed by atoms with Crippen LogP contribution < -0.4 is 21.1 Å². The molecule has 3 heterocycles. The fourth-order valence-electron chi connectivity index (χ4n) is 13.4. The van der Waals surface area contributed by atoms with E-state index in [1.54, 1.807) is 0 Å². The predicted molar refractivity (Wildman–Crippen MR) is 325 cm³/mol. The van der Waals surface area contributed by atoms with E-state index in [2.05, 4.69) is 251 Å². The lowest BCUT2D eigenvalue weighted by molar-refractivity contribution is 0.489. The number of benzene rings is 11. The normalized spacial score (nSPS) is 12.1. The molecular weight excluding hydrogens is 932 g/mol. The second-order valence-corrected chi connectivity index (χ2v) is 21.4. The van der Waals surface area contributed by atoms with Gasteiger partial charge in [-0.3, -0.25) is 0 Å². The second-order valence-electron chi connectivity index (χ2n) is 21.4. The number of aromatic nitrogens is 1. The highest BCUT2D eigenvalue weighted by atomic mass is 16.5. The first kappa shape index (κ1) is 46.1. The Labute approximate surface area is 451 Å². The summed E-state index contributed by atoms with van der Waals surface area (Å²) < 4.78 is 10.3. The molecule has 0 spiro atoms. The van der Waals surface area contributed by atoms with E-state index in [9.17, 15) is 0 Å². The zero-order chi connectivity index (χ0) is 52.2. The van der Waals surface area contributed by atoms with Gasteiger partial charge in [0.25, 0.3) is 6.71 Å². The average molecular weight is 985 g/mol. The summed E-state index contributed by atoms with van der Waals surface area (Å²) in [6, 6.07) is 78.0. The van der Waals surface area contributed by atoms with Gasteiger partial charge in [-0.25, -0.2) is 4.85 Å². The third-order valence-electron chi connectivity index (χ3n) is 16.4. The molecule has 0 bridgehead atoms. The van der Waals surface area contributed by atoms with Gasteiger partial charge in [0.2, 0.25) is 0 Å². The molecular formula is C73H53BN2O. The minimum Gasteiger partial charge on any atom is -0.458 e. The van der Waals surface area contributed by atoms with Crippen LogP contribution in [0.15, 0.2) is 212 Å². The Morgan fingerprint density at radius 1 is 0.403 bits per heavy atom. The SMILES string of the molecule is [C-]#[N+]c1ccc(-c2cc3c4c(c2)-n2c5ccc(-c6c(C)cc(C)cc6C)cc5c5cc(-c6c(C)cc(C)cc6C)cc(c52)B4c2cc(-c4ccccc4-c4ccccc4)cc(-c4ccccc4-c4ccccc4)c2O3)cc1. The zero-order valence-corrected chi connectivity index (χ0v) is 44.1. The molecule has 0 atom stereocenters. The summed E-state index contributed by atoms with van der Waals surface area (Å²) in [6.45, 7) is 21.0. The van der Waals surface area contributed by atoms with Crippen molar-refractivity contribution in [2.75, 3.05) is 0 Å². The highest BCUT2D eigenvalue weighted by Gasteiger charge is 2.43. The highest BCUT2D eigenvalue weighted by molar-refractivity contribution is 6.99. The number of hydrogen-bond donors (Lipinski definition) is 0. The quantitative estimate of drug-likeness (QED) is 0.115. The van der Waals surface area contributed by atoms with Crippen LogP contribution in [0.4, 0.5) is 5.69 Å². The number of hydrogen-bond acceptors (Lipinski definition) is 1. The molecule has 4 heteroatoms. The third kappa shape index (κ3) is 7.41. The van der Waals surface area contributed by atoms with Crippen molar-refractivity contribution in [3.05, 3.63) is 257 Å². The van der Waals surface area contributed by atoms with Crippen LogP contribution in [0, 0.1) is 48.1 Å². The summed E-state index contributed by atoms with van der Waals surface area (Å²) in [7, 11) is 0. The molecule has 0 unspecified atom stereocenters. The van der Waals surface area contributed by atoms with Crippen LogP contribution in [0.2, 0.25) is 0 Å². The third-order valence-corrected chi connectivity index (χ3v) is 16.4. The van der Waals surface area contributed by atoms with Gasteiger partial charge in [-0.15, -0.1) is 0 Å². The summed E-state index contributed by atoms with van der Waals surface area (Å²) in [6.07, 6.45) is 0. The highest BCUT2D eigenvalue weighted by Crippen LogP contribution is 2.48. The largest absolute Gasteiger partial charge is 0.458 e. The maximum absolute atomic E-state index is 7.79. The van der Waals surface area contributed by atoms with Crippen molar-refractivity contribution in [1.82, 2.24) is 4.57 Å². The van der Waals surface area contributed by atoms with E-state index in [-0.39, 0.29) is 6.71 Å². The minimum absolute atomic E-state index is 0.222. The molecule has 0 fully saturated rings. The Bertz CT molecular complexity index is 4430. The monoisotopic (exact) mass is 984 g/mol. The summed E-state index contributed by atoms with van der Waals surface area (Å²) in [4.78, 5) is 3.76. The maximum Gasteiger partial charge on any atom is 0.256 e. The van der Waals surface area contributed by atoms with Gasteiger partial charge < -0.3 is 9.30 Å². The van der Waals surface area contributed by atoms with Crippen molar-refractivity contribution < 1.29 is 4.74 Å². The summed E-state index contributed by atoms with van der Waals surface area (Å²) in [5.74, 6) is 1.69. The van der Waals surface area contributed by atoms with E-state index in [1.807, 2.05) is 12.1 Å².